The number of hydrogen-bond acceptors (Lipinski definition) is 2. The highest BCUT2D eigenvalue weighted by molar-refractivity contribution is 5.14. The van der Waals surface area contributed by atoms with Crippen LogP contribution < -0.4 is 5.73 Å². The van der Waals surface area contributed by atoms with Gasteiger partial charge in [-0.15, -0.1) is 0 Å². The normalized spacial score (nSPS) is 19.9. The Kier molecular flexibility index (Phi) is 4.79. The molecule has 2 rings (SSSR count). The molecule has 100 valence electrons. The minimum absolute atomic E-state index is 0.399. The molecule has 2 heteroatoms. The van der Waals surface area contributed by atoms with Crippen LogP contribution in [0.2, 0.25) is 0 Å². The summed E-state index contributed by atoms with van der Waals surface area (Å²) in [5.41, 5.74) is 7.70. The largest absolute Gasteiger partial charge is 0.330 e. The van der Waals surface area contributed by atoms with Crippen molar-refractivity contribution in [3.8, 4) is 0 Å². The van der Waals surface area contributed by atoms with Gasteiger partial charge in [-0.1, -0.05) is 37.3 Å². The third-order valence-corrected chi connectivity index (χ3v) is 4.34. The summed E-state index contributed by atoms with van der Waals surface area (Å²) in [5.74, 6) is 0. The third kappa shape index (κ3) is 3.82. The molecular formula is C16H26N2. The molecular weight excluding hydrogens is 220 g/mol. The molecule has 0 aromatic heterocycles. The maximum Gasteiger partial charge on any atom is -0.00131 e. The number of likely N-dealkylation sites (tertiary alicyclic amines) is 1. The van der Waals surface area contributed by atoms with Gasteiger partial charge in [-0.3, -0.25) is 0 Å². The second-order valence-corrected chi connectivity index (χ2v) is 5.95. The van der Waals surface area contributed by atoms with Gasteiger partial charge in [-0.25, -0.2) is 0 Å². The SMILES string of the molecule is CC1(CN)CCN(CCCc2ccccc2)CC1. The Morgan fingerprint density at radius 2 is 1.83 bits per heavy atom. The van der Waals surface area contributed by atoms with Crippen LogP contribution >= 0.6 is 0 Å². The van der Waals surface area contributed by atoms with Gasteiger partial charge in [0, 0.05) is 0 Å². The van der Waals surface area contributed by atoms with E-state index in [1.54, 1.807) is 0 Å². The van der Waals surface area contributed by atoms with Gasteiger partial charge in [0.15, 0.2) is 0 Å². The van der Waals surface area contributed by atoms with Gasteiger partial charge in [0.25, 0.3) is 0 Å². The molecule has 0 aliphatic carbocycles. The van der Waals surface area contributed by atoms with Gasteiger partial charge in [0.05, 0.1) is 0 Å². The van der Waals surface area contributed by atoms with Crippen LogP contribution in [0.25, 0.3) is 0 Å². The summed E-state index contributed by atoms with van der Waals surface area (Å²) < 4.78 is 0. The minimum atomic E-state index is 0.399. The van der Waals surface area contributed by atoms with Crippen LogP contribution in [0.5, 0.6) is 0 Å². The van der Waals surface area contributed by atoms with E-state index in [-0.39, 0.29) is 0 Å². The van der Waals surface area contributed by atoms with Gasteiger partial charge in [0.2, 0.25) is 0 Å². The molecule has 1 aliphatic heterocycles. The van der Waals surface area contributed by atoms with Crippen molar-refractivity contribution < 1.29 is 0 Å². The fourth-order valence-corrected chi connectivity index (χ4v) is 2.67. The lowest BCUT2D eigenvalue weighted by molar-refractivity contribution is 0.123. The van der Waals surface area contributed by atoms with E-state index in [9.17, 15) is 0 Å². The summed E-state index contributed by atoms with van der Waals surface area (Å²) in [4.78, 5) is 2.60. The first-order chi connectivity index (χ1) is 8.72. The van der Waals surface area contributed by atoms with Gasteiger partial charge in [-0.05, 0) is 62.8 Å². The second-order valence-electron chi connectivity index (χ2n) is 5.95. The van der Waals surface area contributed by atoms with Crippen molar-refractivity contribution >= 4 is 0 Å². The van der Waals surface area contributed by atoms with Gasteiger partial charge in [0.1, 0.15) is 0 Å². The molecule has 2 nitrogen and oxygen atoms in total. The van der Waals surface area contributed by atoms with Gasteiger partial charge >= 0.3 is 0 Å². The Bertz CT molecular complexity index is 339. The lowest BCUT2D eigenvalue weighted by atomic mass is 9.80. The average Bonchev–Trinajstić information content (AvgIpc) is 2.42. The minimum Gasteiger partial charge on any atom is -0.330 e. The molecule has 0 bridgehead atoms. The van der Waals surface area contributed by atoms with Crippen LogP contribution in [-0.2, 0) is 6.42 Å². The monoisotopic (exact) mass is 246 g/mol. The molecule has 18 heavy (non-hydrogen) atoms. The Balaban J connectivity index is 1.67. The van der Waals surface area contributed by atoms with E-state index in [1.165, 1.54) is 50.9 Å². The summed E-state index contributed by atoms with van der Waals surface area (Å²) >= 11 is 0. The predicted molar refractivity (Wildman–Crippen MR) is 77.6 cm³/mol. The van der Waals surface area contributed by atoms with E-state index >= 15 is 0 Å². The van der Waals surface area contributed by atoms with Crippen molar-refractivity contribution in [1.82, 2.24) is 4.90 Å². The number of benzene rings is 1. The first-order valence-corrected chi connectivity index (χ1v) is 7.18. The number of aryl methyl sites for hydroxylation is 1. The first kappa shape index (κ1) is 13.6. The van der Waals surface area contributed by atoms with Crippen molar-refractivity contribution in [3.05, 3.63) is 35.9 Å². The van der Waals surface area contributed by atoms with Gasteiger partial charge in [-0.2, -0.15) is 0 Å². The van der Waals surface area contributed by atoms with Crippen LogP contribution in [0, 0.1) is 5.41 Å². The highest BCUT2D eigenvalue weighted by Gasteiger charge is 2.28. The average molecular weight is 246 g/mol. The molecule has 1 fully saturated rings. The van der Waals surface area contributed by atoms with E-state index in [1.807, 2.05) is 0 Å². The summed E-state index contributed by atoms with van der Waals surface area (Å²) in [6.07, 6.45) is 4.98. The zero-order valence-electron chi connectivity index (χ0n) is 11.6. The molecule has 0 atom stereocenters. The van der Waals surface area contributed by atoms with E-state index in [0.717, 1.165) is 6.54 Å². The summed E-state index contributed by atoms with van der Waals surface area (Å²) in [5, 5.41) is 0. The van der Waals surface area contributed by atoms with Crippen molar-refractivity contribution in [2.24, 2.45) is 11.1 Å². The number of nitrogens with zero attached hydrogens (tertiary/aromatic N) is 1. The lowest BCUT2D eigenvalue weighted by Gasteiger charge is -2.38. The van der Waals surface area contributed by atoms with E-state index in [4.69, 9.17) is 5.73 Å². The summed E-state index contributed by atoms with van der Waals surface area (Å²) in [6, 6.07) is 10.8. The van der Waals surface area contributed by atoms with Crippen molar-refractivity contribution in [3.63, 3.8) is 0 Å². The van der Waals surface area contributed by atoms with Crippen LogP contribution in [0.4, 0.5) is 0 Å². The van der Waals surface area contributed by atoms with Crippen molar-refractivity contribution in [2.75, 3.05) is 26.2 Å². The first-order valence-electron chi connectivity index (χ1n) is 7.18. The van der Waals surface area contributed by atoms with Crippen molar-refractivity contribution in [2.45, 2.75) is 32.6 Å². The van der Waals surface area contributed by atoms with Crippen LogP contribution in [0.3, 0.4) is 0 Å². The lowest BCUT2D eigenvalue weighted by Crippen LogP contribution is -2.42. The molecule has 1 saturated heterocycles. The quantitative estimate of drug-likeness (QED) is 0.865. The van der Waals surface area contributed by atoms with Crippen LogP contribution in [0.1, 0.15) is 31.7 Å². The fraction of sp³-hybridized carbons (Fsp3) is 0.625. The maximum absolute atomic E-state index is 5.84. The molecule has 1 aliphatic rings. The maximum atomic E-state index is 5.84. The molecule has 2 N–H and O–H groups in total. The Morgan fingerprint density at radius 1 is 1.17 bits per heavy atom. The molecule has 0 unspecified atom stereocenters. The molecule has 0 saturated carbocycles. The topological polar surface area (TPSA) is 29.3 Å². The zero-order valence-corrected chi connectivity index (χ0v) is 11.6. The van der Waals surface area contributed by atoms with Crippen molar-refractivity contribution in [1.29, 1.82) is 0 Å². The molecule has 0 amide bonds. The summed E-state index contributed by atoms with van der Waals surface area (Å²) in [7, 11) is 0. The Morgan fingerprint density at radius 3 is 2.44 bits per heavy atom. The van der Waals surface area contributed by atoms with Crippen LogP contribution in [-0.4, -0.2) is 31.1 Å². The number of nitrogens with two attached hydrogens (primary N) is 1. The number of hydrogen-bond donors (Lipinski definition) is 1. The zero-order chi connectivity index (χ0) is 12.8. The van der Waals surface area contributed by atoms with Crippen LogP contribution in [0.15, 0.2) is 30.3 Å². The standard InChI is InChI=1S/C16H26N2/c1-16(14-17)9-12-18(13-10-16)11-5-8-15-6-3-2-4-7-15/h2-4,6-7H,5,8-14,17H2,1H3. The molecule has 0 spiro atoms. The van der Waals surface area contributed by atoms with E-state index < -0.39 is 0 Å². The highest BCUT2D eigenvalue weighted by Crippen LogP contribution is 2.29. The molecule has 1 aromatic rings. The Labute approximate surface area is 111 Å². The van der Waals surface area contributed by atoms with E-state index in [2.05, 4.69) is 42.2 Å². The van der Waals surface area contributed by atoms with E-state index in [0.29, 0.717) is 5.41 Å². The summed E-state index contributed by atoms with van der Waals surface area (Å²) in [6.45, 7) is 6.85. The molecule has 1 aromatic carbocycles. The number of rotatable bonds is 5. The third-order valence-electron chi connectivity index (χ3n) is 4.34. The highest BCUT2D eigenvalue weighted by atomic mass is 15.1. The van der Waals surface area contributed by atoms with Gasteiger partial charge < -0.3 is 10.6 Å². The Hall–Kier alpha value is -0.860. The smallest absolute Gasteiger partial charge is 0.00131 e. The fourth-order valence-electron chi connectivity index (χ4n) is 2.67. The second kappa shape index (κ2) is 6.35. The molecule has 1 heterocycles. The predicted octanol–water partition coefficient (Wildman–Crippen LogP) is 2.68. The molecule has 0 radical (unpaired) electrons. The number of piperidine rings is 1.